The first-order valence-corrected chi connectivity index (χ1v) is 14.6. The molecule has 2 aliphatic rings. The van der Waals surface area contributed by atoms with Crippen molar-refractivity contribution in [1.29, 1.82) is 0 Å². The molecule has 0 N–H and O–H groups in total. The first kappa shape index (κ1) is 33.1. The van der Waals surface area contributed by atoms with Crippen LogP contribution in [-0.2, 0) is 28.7 Å². The van der Waals surface area contributed by atoms with E-state index in [0.29, 0.717) is 37.0 Å². The molecule has 0 unspecified atom stereocenters. The van der Waals surface area contributed by atoms with Crippen LogP contribution in [0.15, 0.2) is 29.8 Å². The maximum Gasteiger partial charge on any atom is 0.345 e. The molecule has 232 valence electrons. The van der Waals surface area contributed by atoms with Gasteiger partial charge in [-0.05, 0) is 79.2 Å². The maximum absolute atomic E-state index is 13.7. The van der Waals surface area contributed by atoms with E-state index in [-0.39, 0.29) is 17.4 Å². The summed E-state index contributed by atoms with van der Waals surface area (Å²) in [5.74, 6) is -0.991. The third-order valence-electron chi connectivity index (χ3n) is 8.37. The van der Waals surface area contributed by atoms with Crippen molar-refractivity contribution in [3.63, 3.8) is 0 Å². The molecule has 9 heteroatoms. The van der Waals surface area contributed by atoms with Gasteiger partial charge in [0.05, 0.1) is 7.11 Å². The van der Waals surface area contributed by atoms with Crippen LogP contribution in [0.1, 0.15) is 100 Å². The van der Waals surface area contributed by atoms with Gasteiger partial charge in [-0.15, -0.1) is 0 Å². The number of hydrogen-bond acceptors (Lipinski definition) is 7. The van der Waals surface area contributed by atoms with Gasteiger partial charge in [0.2, 0.25) is 11.8 Å². The largest absolute Gasteiger partial charge is 0.497 e. The lowest BCUT2D eigenvalue weighted by Gasteiger charge is -2.54. The fraction of sp³-hybridized carbons (Fsp3) is 0.636. The summed E-state index contributed by atoms with van der Waals surface area (Å²) in [6, 6.07) is 6.97. The average molecular weight is 585 g/mol. The molecule has 1 aromatic rings. The van der Waals surface area contributed by atoms with E-state index in [1.54, 1.807) is 45.2 Å². The lowest BCUT2D eigenvalue weighted by molar-refractivity contribution is -0.167. The molecule has 2 fully saturated rings. The Morgan fingerprint density at radius 2 is 1.00 bits per heavy atom. The second-order valence-electron chi connectivity index (χ2n) is 14.2. The highest BCUT2D eigenvalue weighted by Crippen LogP contribution is 2.41. The topological polar surface area (TPSA) is 102 Å². The van der Waals surface area contributed by atoms with Gasteiger partial charge in [0, 0.05) is 61.7 Å². The number of amides is 2. The van der Waals surface area contributed by atoms with Crippen LogP contribution in [-0.4, -0.2) is 75.0 Å². The van der Waals surface area contributed by atoms with Crippen molar-refractivity contribution in [2.24, 2.45) is 0 Å². The summed E-state index contributed by atoms with van der Waals surface area (Å²) in [6.45, 7) is 18.7. The van der Waals surface area contributed by atoms with E-state index in [4.69, 9.17) is 14.2 Å². The molecule has 9 nitrogen and oxygen atoms in total. The fourth-order valence-electron chi connectivity index (χ4n) is 7.75. The molecule has 0 spiro atoms. The van der Waals surface area contributed by atoms with E-state index in [1.807, 2.05) is 65.2 Å². The van der Waals surface area contributed by atoms with Gasteiger partial charge in [0.1, 0.15) is 23.5 Å². The number of hydrogen-bond donors (Lipinski definition) is 0. The molecular formula is C33H48N2O7. The summed E-state index contributed by atoms with van der Waals surface area (Å²) in [5, 5.41) is 0. The summed E-state index contributed by atoms with van der Waals surface area (Å²) < 4.78 is 17.2. The van der Waals surface area contributed by atoms with Gasteiger partial charge < -0.3 is 24.0 Å². The lowest BCUT2D eigenvalue weighted by atomic mass is 9.78. The molecule has 2 saturated heterocycles. The SMILES string of the molecule is COc1ccc(C=C(C(=O)OC2CC(C)(C)N(C(C)=O)C(C)(C)C2)C(=O)OC2CC(C)(C)N(C(C)=O)C(C)(C)C2)cc1. The summed E-state index contributed by atoms with van der Waals surface area (Å²) >= 11 is 0. The van der Waals surface area contributed by atoms with Gasteiger partial charge in [-0.3, -0.25) is 9.59 Å². The zero-order valence-corrected chi connectivity index (χ0v) is 27.1. The highest BCUT2D eigenvalue weighted by molar-refractivity contribution is 6.17. The van der Waals surface area contributed by atoms with Crippen molar-refractivity contribution in [2.75, 3.05) is 7.11 Å². The minimum Gasteiger partial charge on any atom is -0.497 e. The number of likely N-dealkylation sites (tertiary alicyclic amines) is 2. The molecule has 0 radical (unpaired) electrons. The second kappa shape index (κ2) is 11.7. The van der Waals surface area contributed by atoms with Gasteiger partial charge >= 0.3 is 11.9 Å². The Hall–Kier alpha value is -3.36. The summed E-state index contributed by atoms with van der Waals surface area (Å²) in [5.41, 5.74) is -1.82. The van der Waals surface area contributed by atoms with E-state index < -0.39 is 46.3 Å². The number of piperidine rings is 2. The first-order valence-electron chi connectivity index (χ1n) is 14.6. The van der Waals surface area contributed by atoms with Crippen LogP contribution in [0, 0.1) is 0 Å². The van der Waals surface area contributed by atoms with Crippen LogP contribution in [0.5, 0.6) is 5.75 Å². The van der Waals surface area contributed by atoms with E-state index in [9.17, 15) is 19.2 Å². The number of nitrogens with zero attached hydrogens (tertiary/aromatic N) is 2. The van der Waals surface area contributed by atoms with Crippen molar-refractivity contribution in [1.82, 2.24) is 9.80 Å². The standard InChI is InChI=1S/C33H48N2O7/c1-21(36)34-30(3,4)17-25(18-31(34,5)6)41-28(38)27(16-23-12-14-24(40-11)15-13-23)29(39)42-26-19-32(7,8)35(22(2)37)33(9,10)20-26/h12-16,25-26H,17-20H2,1-11H3. The molecule has 0 aliphatic carbocycles. The Labute approximate surface area is 250 Å². The number of esters is 2. The summed E-state index contributed by atoms with van der Waals surface area (Å²) in [7, 11) is 1.56. The molecule has 0 aromatic heterocycles. The Morgan fingerprint density at radius 1 is 0.667 bits per heavy atom. The van der Waals surface area contributed by atoms with Crippen LogP contribution < -0.4 is 4.74 Å². The van der Waals surface area contributed by atoms with Crippen molar-refractivity contribution in [3.8, 4) is 5.75 Å². The summed E-state index contributed by atoms with van der Waals surface area (Å²) in [4.78, 5) is 56.0. The van der Waals surface area contributed by atoms with Crippen molar-refractivity contribution < 1.29 is 33.4 Å². The quantitative estimate of drug-likeness (QED) is 0.193. The van der Waals surface area contributed by atoms with Gasteiger partial charge in [0.25, 0.3) is 0 Å². The third-order valence-corrected chi connectivity index (χ3v) is 8.37. The Bertz CT molecular complexity index is 1140. The highest BCUT2D eigenvalue weighted by Gasteiger charge is 2.50. The second-order valence-corrected chi connectivity index (χ2v) is 14.2. The van der Waals surface area contributed by atoms with E-state index in [1.165, 1.54) is 6.08 Å². The molecule has 0 atom stereocenters. The van der Waals surface area contributed by atoms with Crippen LogP contribution >= 0.6 is 0 Å². The number of ether oxygens (including phenoxy) is 3. The van der Waals surface area contributed by atoms with Gasteiger partial charge in [0.15, 0.2) is 0 Å². The Kier molecular flexibility index (Phi) is 9.26. The van der Waals surface area contributed by atoms with Crippen LogP contribution in [0.3, 0.4) is 0 Å². The monoisotopic (exact) mass is 584 g/mol. The Morgan fingerprint density at radius 3 is 1.29 bits per heavy atom. The predicted molar refractivity (Wildman–Crippen MR) is 161 cm³/mol. The lowest BCUT2D eigenvalue weighted by Crippen LogP contribution is -2.64. The molecule has 42 heavy (non-hydrogen) atoms. The number of carbonyl (C=O) groups excluding carboxylic acids is 4. The van der Waals surface area contributed by atoms with Gasteiger partial charge in [-0.2, -0.15) is 0 Å². The van der Waals surface area contributed by atoms with Crippen LogP contribution in [0.25, 0.3) is 6.08 Å². The molecule has 2 aliphatic heterocycles. The highest BCUT2D eigenvalue weighted by atomic mass is 16.6. The predicted octanol–water partition coefficient (Wildman–Crippen LogP) is 5.30. The number of benzene rings is 1. The Balaban J connectivity index is 1.90. The first-order chi connectivity index (χ1) is 19.2. The van der Waals surface area contributed by atoms with Crippen LogP contribution in [0.2, 0.25) is 0 Å². The van der Waals surface area contributed by atoms with Gasteiger partial charge in [-0.1, -0.05) is 12.1 Å². The molecule has 2 amide bonds. The fourth-order valence-corrected chi connectivity index (χ4v) is 7.75. The zero-order chi connectivity index (χ0) is 31.8. The summed E-state index contributed by atoms with van der Waals surface area (Å²) in [6.07, 6.45) is 2.17. The number of carbonyl (C=O) groups is 4. The van der Waals surface area contributed by atoms with Crippen molar-refractivity contribution >= 4 is 29.8 Å². The van der Waals surface area contributed by atoms with Crippen LogP contribution in [0.4, 0.5) is 0 Å². The molecule has 2 heterocycles. The molecule has 1 aromatic carbocycles. The third kappa shape index (κ3) is 7.16. The maximum atomic E-state index is 13.7. The molecule has 3 rings (SSSR count). The average Bonchev–Trinajstić information content (AvgIpc) is 2.78. The molecular weight excluding hydrogens is 536 g/mol. The van der Waals surface area contributed by atoms with Gasteiger partial charge in [-0.25, -0.2) is 9.59 Å². The van der Waals surface area contributed by atoms with E-state index >= 15 is 0 Å². The smallest absolute Gasteiger partial charge is 0.345 e. The number of rotatable bonds is 6. The van der Waals surface area contributed by atoms with Crippen molar-refractivity contribution in [2.45, 2.75) is 129 Å². The minimum absolute atomic E-state index is 0.0416. The van der Waals surface area contributed by atoms with E-state index in [0.717, 1.165) is 0 Å². The van der Waals surface area contributed by atoms with E-state index in [2.05, 4.69) is 0 Å². The normalized spacial score (nSPS) is 21.2. The molecule has 0 bridgehead atoms. The van der Waals surface area contributed by atoms with Crippen molar-refractivity contribution in [3.05, 3.63) is 35.4 Å². The molecule has 0 saturated carbocycles. The minimum atomic E-state index is -0.775. The zero-order valence-electron chi connectivity index (χ0n) is 27.1. The number of methoxy groups -OCH3 is 1.